The zero-order chi connectivity index (χ0) is 24.3. The third-order valence-corrected chi connectivity index (χ3v) is 5.61. The van der Waals surface area contributed by atoms with Gasteiger partial charge in [-0.1, -0.05) is 6.92 Å². The molecule has 1 aromatic heterocycles. The van der Waals surface area contributed by atoms with Crippen LogP contribution in [-0.2, 0) is 28.9 Å². The number of rotatable bonds is 8. The number of nitrogens with zero attached hydrogens (tertiary/aromatic N) is 2. The first-order valence-corrected chi connectivity index (χ1v) is 12.0. The summed E-state index contributed by atoms with van der Waals surface area (Å²) >= 11 is 0. The topological polar surface area (TPSA) is 112 Å². The Morgan fingerprint density at radius 2 is 1.88 bits per heavy atom. The maximum absolute atomic E-state index is 12.8. The first-order chi connectivity index (χ1) is 16.5. The molecule has 34 heavy (non-hydrogen) atoms. The van der Waals surface area contributed by atoms with E-state index < -0.39 is 5.97 Å². The number of carbonyl (C=O) groups excluding carboxylic acids is 3. The standard InChI is InChI=1S/C25H34N4O5/c1-3-20-22-21(8-5-15-33-16-6-13-27-24(22)31)29(28-20)14-7-17-34-25(32)19-11-9-18(10-12-19)23(30)26-4-2/h9-12H,3-8,13-17H2,1-2H3,(H,26,30)(H,27,31). The molecular weight excluding hydrogens is 436 g/mol. The molecule has 0 bridgehead atoms. The highest BCUT2D eigenvalue weighted by Crippen LogP contribution is 2.19. The van der Waals surface area contributed by atoms with Crippen LogP contribution in [0.3, 0.4) is 0 Å². The van der Waals surface area contributed by atoms with Crippen LogP contribution in [0.15, 0.2) is 24.3 Å². The SMILES string of the molecule is CCNC(=O)c1ccc(C(=O)OCCCn2nc(CC)c3c2CCCOCCCNC3=O)cc1. The summed E-state index contributed by atoms with van der Waals surface area (Å²) in [7, 11) is 0. The van der Waals surface area contributed by atoms with Gasteiger partial charge in [0.05, 0.1) is 29.1 Å². The van der Waals surface area contributed by atoms with E-state index in [2.05, 4.69) is 15.7 Å². The lowest BCUT2D eigenvalue weighted by molar-refractivity contribution is 0.0494. The number of aryl methyl sites for hydroxylation is 2. The molecule has 2 amide bonds. The van der Waals surface area contributed by atoms with E-state index >= 15 is 0 Å². The van der Waals surface area contributed by atoms with Crippen molar-refractivity contribution in [3.05, 3.63) is 52.3 Å². The molecule has 0 saturated heterocycles. The van der Waals surface area contributed by atoms with E-state index in [1.54, 1.807) is 24.3 Å². The van der Waals surface area contributed by atoms with E-state index in [1.807, 2.05) is 18.5 Å². The van der Waals surface area contributed by atoms with Gasteiger partial charge in [0.2, 0.25) is 0 Å². The Morgan fingerprint density at radius 1 is 1.15 bits per heavy atom. The van der Waals surface area contributed by atoms with Gasteiger partial charge in [0.1, 0.15) is 0 Å². The van der Waals surface area contributed by atoms with E-state index in [9.17, 15) is 14.4 Å². The van der Waals surface area contributed by atoms with E-state index in [1.165, 1.54) is 0 Å². The maximum Gasteiger partial charge on any atom is 0.338 e. The maximum atomic E-state index is 12.8. The molecule has 0 saturated carbocycles. The van der Waals surface area contributed by atoms with Crippen LogP contribution in [-0.4, -0.2) is 60.5 Å². The van der Waals surface area contributed by atoms with Gasteiger partial charge in [-0.05, 0) is 56.9 Å². The number of hydrogen-bond acceptors (Lipinski definition) is 6. The Balaban J connectivity index is 1.59. The Hall–Kier alpha value is -3.20. The normalized spacial score (nSPS) is 14.5. The first kappa shape index (κ1) is 25.4. The summed E-state index contributed by atoms with van der Waals surface area (Å²) in [4.78, 5) is 37.0. The summed E-state index contributed by atoms with van der Waals surface area (Å²) < 4.78 is 12.9. The van der Waals surface area contributed by atoms with Gasteiger partial charge in [-0.15, -0.1) is 0 Å². The van der Waals surface area contributed by atoms with Crippen LogP contribution in [0, 0.1) is 0 Å². The second kappa shape index (κ2) is 12.9. The fourth-order valence-electron chi connectivity index (χ4n) is 3.89. The van der Waals surface area contributed by atoms with Crippen molar-refractivity contribution in [2.75, 3.05) is 32.9 Å². The zero-order valence-corrected chi connectivity index (χ0v) is 20.0. The predicted octanol–water partition coefficient (Wildman–Crippen LogP) is 2.52. The Kier molecular flexibility index (Phi) is 9.63. The van der Waals surface area contributed by atoms with Crippen LogP contribution in [0.25, 0.3) is 0 Å². The van der Waals surface area contributed by atoms with Crippen molar-refractivity contribution in [2.45, 2.75) is 52.5 Å². The highest BCUT2D eigenvalue weighted by molar-refractivity contribution is 5.97. The summed E-state index contributed by atoms with van der Waals surface area (Å²) in [6.07, 6.45) is 3.54. The van der Waals surface area contributed by atoms with Crippen LogP contribution in [0.4, 0.5) is 0 Å². The van der Waals surface area contributed by atoms with Crippen molar-refractivity contribution >= 4 is 17.8 Å². The van der Waals surface area contributed by atoms with Gasteiger partial charge in [0, 0.05) is 44.8 Å². The minimum absolute atomic E-state index is 0.0810. The summed E-state index contributed by atoms with van der Waals surface area (Å²) in [5.41, 5.74) is 3.26. The number of fused-ring (bicyclic) bond motifs is 1. The third kappa shape index (κ3) is 6.66. The summed E-state index contributed by atoms with van der Waals surface area (Å²) in [6.45, 7) is 7.02. The molecule has 0 spiro atoms. The fourth-order valence-corrected chi connectivity index (χ4v) is 3.89. The smallest absolute Gasteiger partial charge is 0.338 e. The average molecular weight is 471 g/mol. The molecule has 1 aromatic carbocycles. The Labute approximate surface area is 200 Å². The zero-order valence-electron chi connectivity index (χ0n) is 20.0. The number of benzene rings is 1. The lowest BCUT2D eigenvalue weighted by Gasteiger charge is -2.10. The van der Waals surface area contributed by atoms with Gasteiger partial charge in [-0.3, -0.25) is 14.3 Å². The van der Waals surface area contributed by atoms with Crippen molar-refractivity contribution in [3.8, 4) is 0 Å². The molecule has 184 valence electrons. The molecule has 0 aliphatic carbocycles. The molecule has 0 atom stereocenters. The van der Waals surface area contributed by atoms with Crippen LogP contribution in [0.2, 0.25) is 0 Å². The highest BCUT2D eigenvalue weighted by atomic mass is 16.5. The van der Waals surface area contributed by atoms with Crippen LogP contribution < -0.4 is 10.6 Å². The highest BCUT2D eigenvalue weighted by Gasteiger charge is 2.23. The van der Waals surface area contributed by atoms with Crippen molar-refractivity contribution in [1.82, 2.24) is 20.4 Å². The minimum atomic E-state index is -0.437. The van der Waals surface area contributed by atoms with E-state index in [4.69, 9.17) is 9.47 Å². The molecule has 2 N–H and O–H groups in total. The van der Waals surface area contributed by atoms with Gasteiger partial charge in [0.15, 0.2) is 0 Å². The first-order valence-electron chi connectivity index (χ1n) is 12.0. The van der Waals surface area contributed by atoms with Crippen LogP contribution >= 0.6 is 0 Å². The lowest BCUT2D eigenvalue weighted by Crippen LogP contribution is -2.26. The monoisotopic (exact) mass is 470 g/mol. The average Bonchev–Trinajstić information content (AvgIpc) is 3.18. The summed E-state index contributed by atoms with van der Waals surface area (Å²) in [5.74, 6) is -0.694. The minimum Gasteiger partial charge on any atom is -0.462 e. The van der Waals surface area contributed by atoms with Gasteiger partial charge < -0.3 is 20.1 Å². The number of nitrogens with one attached hydrogen (secondary N) is 2. The Morgan fingerprint density at radius 3 is 2.62 bits per heavy atom. The van der Waals surface area contributed by atoms with Crippen molar-refractivity contribution in [3.63, 3.8) is 0 Å². The molecule has 1 aliphatic rings. The summed E-state index contributed by atoms with van der Waals surface area (Å²) in [6, 6.07) is 6.39. The predicted molar refractivity (Wildman–Crippen MR) is 127 cm³/mol. The number of hydrogen-bond donors (Lipinski definition) is 2. The van der Waals surface area contributed by atoms with E-state index in [-0.39, 0.29) is 18.4 Å². The third-order valence-electron chi connectivity index (χ3n) is 5.61. The largest absolute Gasteiger partial charge is 0.462 e. The fraction of sp³-hybridized carbons (Fsp3) is 0.520. The van der Waals surface area contributed by atoms with Gasteiger partial charge in [-0.2, -0.15) is 5.10 Å². The number of esters is 1. The van der Waals surface area contributed by atoms with Gasteiger partial charge in [-0.25, -0.2) is 4.79 Å². The van der Waals surface area contributed by atoms with Crippen molar-refractivity contribution < 1.29 is 23.9 Å². The van der Waals surface area contributed by atoms with Crippen LogP contribution in [0.1, 0.15) is 75.6 Å². The number of aromatic nitrogens is 2. The molecule has 3 rings (SSSR count). The Bertz CT molecular complexity index is 984. The molecular formula is C25H34N4O5. The van der Waals surface area contributed by atoms with E-state index in [0.717, 1.165) is 24.2 Å². The number of amides is 2. The second-order valence-electron chi connectivity index (χ2n) is 8.10. The molecule has 2 aromatic rings. The number of carbonyl (C=O) groups is 3. The second-order valence-corrected chi connectivity index (χ2v) is 8.10. The van der Waals surface area contributed by atoms with Gasteiger partial charge >= 0.3 is 5.97 Å². The van der Waals surface area contributed by atoms with E-state index in [0.29, 0.717) is 68.8 Å². The molecule has 0 radical (unpaired) electrons. The van der Waals surface area contributed by atoms with Crippen LogP contribution in [0.5, 0.6) is 0 Å². The molecule has 0 fully saturated rings. The number of ether oxygens (including phenoxy) is 2. The van der Waals surface area contributed by atoms with Gasteiger partial charge in [0.25, 0.3) is 11.8 Å². The molecule has 1 aliphatic heterocycles. The molecule has 2 heterocycles. The quantitative estimate of drug-likeness (QED) is 0.453. The lowest BCUT2D eigenvalue weighted by atomic mass is 10.1. The molecule has 9 nitrogen and oxygen atoms in total. The molecule has 9 heteroatoms. The van der Waals surface area contributed by atoms with Crippen molar-refractivity contribution in [2.24, 2.45) is 0 Å². The molecule has 0 unspecified atom stereocenters. The summed E-state index contributed by atoms with van der Waals surface area (Å²) in [5, 5.41) is 10.4. The van der Waals surface area contributed by atoms with Crippen molar-refractivity contribution in [1.29, 1.82) is 0 Å².